The fourth-order valence-corrected chi connectivity index (χ4v) is 3.72. The van der Waals surface area contributed by atoms with E-state index in [4.69, 9.17) is 5.11 Å². The first kappa shape index (κ1) is 12.6. The molecule has 0 spiro atoms. The van der Waals surface area contributed by atoms with Gasteiger partial charge in [0.2, 0.25) is 0 Å². The van der Waals surface area contributed by atoms with Gasteiger partial charge in [0, 0.05) is 11.3 Å². The molecule has 2 rings (SSSR count). The Morgan fingerprint density at radius 3 is 2.76 bits per heavy atom. The summed E-state index contributed by atoms with van der Waals surface area (Å²) in [4.78, 5) is 16.5. The molecule has 0 unspecified atom stereocenters. The van der Waals surface area contributed by atoms with Crippen LogP contribution in [-0.4, -0.2) is 16.1 Å². The number of hydrogen-bond donors (Lipinski definition) is 1. The molecule has 0 atom stereocenters. The van der Waals surface area contributed by atoms with Crippen LogP contribution in [0.3, 0.4) is 0 Å². The molecule has 1 fully saturated rings. The van der Waals surface area contributed by atoms with Gasteiger partial charge in [-0.2, -0.15) is 0 Å². The molecule has 94 valence electrons. The predicted molar refractivity (Wildman–Crippen MR) is 68.6 cm³/mol. The lowest BCUT2D eigenvalue weighted by molar-refractivity contribution is -0.136. The van der Waals surface area contributed by atoms with Gasteiger partial charge >= 0.3 is 5.97 Å². The molecule has 0 bridgehead atoms. The molecule has 0 radical (unpaired) electrons. The van der Waals surface area contributed by atoms with E-state index in [0.29, 0.717) is 12.3 Å². The monoisotopic (exact) mass is 253 g/mol. The zero-order chi connectivity index (χ0) is 12.3. The molecule has 0 aromatic carbocycles. The molecule has 0 saturated heterocycles. The minimum atomic E-state index is -0.731. The number of carbonyl (C=O) groups is 1. The Balaban J connectivity index is 2.11. The lowest BCUT2D eigenvalue weighted by Gasteiger charge is -2.21. The molecule has 0 aliphatic heterocycles. The first-order chi connectivity index (χ1) is 8.16. The first-order valence-corrected chi connectivity index (χ1v) is 7.16. The minimum Gasteiger partial charge on any atom is -0.481 e. The van der Waals surface area contributed by atoms with Crippen LogP contribution in [0.1, 0.15) is 60.0 Å². The van der Waals surface area contributed by atoms with Crippen molar-refractivity contribution in [2.45, 2.75) is 57.8 Å². The predicted octanol–water partition coefficient (Wildman–Crippen LogP) is 3.52. The molecule has 1 N–H and O–H groups in total. The van der Waals surface area contributed by atoms with Crippen molar-refractivity contribution >= 4 is 17.3 Å². The van der Waals surface area contributed by atoms with E-state index in [2.05, 4.69) is 4.98 Å². The van der Waals surface area contributed by atoms with Crippen LogP contribution in [0.2, 0.25) is 0 Å². The fourth-order valence-electron chi connectivity index (χ4n) is 2.57. The van der Waals surface area contributed by atoms with E-state index in [1.807, 2.05) is 6.92 Å². The van der Waals surface area contributed by atoms with Gasteiger partial charge in [-0.05, 0) is 25.7 Å². The summed E-state index contributed by atoms with van der Waals surface area (Å²) in [5.41, 5.74) is 1.04. The summed E-state index contributed by atoms with van der Waals surface area (Å²) in [7, 11) is 0. The summed E-state index contributed by atoms with van der Waals surface area (Å²) in [6.07, 6.45) is 7.25. The Labute approximate surface area is 106 Å². The van der Waals surface area contributed by atoms with E-state index in [0.717, 1.165) is 10.7 Å². The Kier molecular flexibility index (Phi) is 4.15. The zero-order valence-corrected chi connectivity index (χ0v) is 11.1. The standard InChI is InChI=1S/C13H19NO2S/c1-9-14-11(7-8-12(15)16)13(17-9)10-5-3-2-4-6-10/h10H,2-8H2,1H3,(H,15,16). The van der Waals surface area contributed by atoms with Gasteiger partial charge in [0.25, 0.3) is 0 Å². The third kappa shape index (κ3) is 3.28. The highest BCUT2D eigenvalue weighted by Crippen LogP contribution is 2.37. The highest BCUT2D eigenvalue weighted by atomic mass is 32.1. The zero-order valence-electron chi connectivity index (χ0n) is 10.2. The van der Waals surface area contributed by atoms with Gasteiger partial charge in [0.1, 0.15) is 0 Å². The first-order valence-electron chi connectivity index (χ1n) is 6.35. The van der Waals surface area contributed by atoms with Gasteiger partial charge in [0.15, 0.2) is 0 Å². The van der Waals surface area contributed by atoms with Crippen LogP contribution in [-0.2, 0) is 11.2 Å². The molecule has 4 heteroatoms. The summed E-state index contributed by atoms with van der Waals surface area (Å²) in [5.74, 6) is -0.0935. The van der Waals surface area contributed by atoms with E-state index in [1.54, 1.807) is 11.3 Å². The van der Waals surface area contributed by atoms with E-state index in [1.165, 1.54) is 37.0 Å². The smallest absolute Gasteiger partial charge is 0.303 e. The van der Waals surface area contributed by atoms with Gasteiger partial charge in [-0.3, -0.25) is 4.79 Å². The minimum absolute atomic E-state index is 0.197. The molecule has 1 aliphatic carbocycles. The Morgan fingerprint density at radius 1 is 1.41 bits per heavy atom. The quantitative estimate of drug-likeness (QED) is 0.893. The van der Waals surface area contributed by atoms with E-state index in [9.17, 15) is 4.79 Å². The summed E-state index contributed by atoms with van der Waals surface area (Å²) in [6.45, 7) is 2.02. The van der Waals surface area contributed by atoms with Crippen LogP contribution < -0.4 is 0 Å². The summed E-state index contributed by atoms with van der Waals surface area (Å²) >= 11 is 1.77. The molecule has 1 aromatic heterocycles. The van der Waals surface area contributed by atoms with Crippen molar-refractivity contribution in [1.82, 2.24) is 4.98 Å². The number of hydrogen-bond acceptors (Lipinski definition) is 3. The van der Waals surface area contributed by atoms with Crippen LogP contribution in [0, 0.1) is 6.92 Å². The Morgan fingerprint density at radius 2 is 2.12 bits per heavy atom. The van der Waals surface area contributed by atoms with Crippen molar-refractivity contribution in [3.8, 4) is 0 Å². The van der Waals surface area contributed by atoms with Crippen molar-refractivity contribution in [2.24, 2.45) is 0 Å². The van der Waals surface area contributed by atoms with Crippen LogP contribution in [0.5, 0.6) is 0 Å². The Hall–Kier alpha value is -0.900. The third-order valence-electron chi connectivity index (χ3n) is 3.39. The second-order valence-electron chi connectivity index (χ2n) is 4.77. The molecule has 1 saturated carbocycles. The molecule has 17 heavy (non-hydrogen) atoms. The number of rotatable bonds is 4. The fraction of sp³-hybridized carbons (Fsp3) is 0.692. The van der Waals surface area contributed by atoms with Crippen molar-refractivity contribution in [1.29, 1.82) is 0 Å². The number of aryl methyl sites for hydroxylation is 2. The number of nitrogens with zero attached hydrogens (tertiary/aromatic N) is 1. The van der Waals surface area contributed by atoms with Gasteiger partial charge in [0.05, 0.1) is 17.1 Å². The lowest BCUT2D eigenvalue weighted by Crippen LogP contribution is -2.06. The van der Waals surface area contributed by atoms with Crippen molar-refractivity contribution in [3.05, 3.63) is 15.6 Å². The maximum atomic E-state index is 10.6. The normalized spacial score (nSPS) is 17.2. The number of aromatic nitrogens is 1. The van der Waals surface area contributed by atoms with Gasteiger partial charge in [-0.15, -0.1) is 11.3 Å². The van der Waals surface area contributed by atoms with Crippen molar-refractivity contribution < 1.29 is 9.90 Å². The van der Waals surface area contributed by atoms with E-state index in [-0.39, 0.29) is 6.42 Å². The van der Waals surface area contributed by atoms with Gasteiger partial charge < -0.3 is 5.11 Å². The number of carboxylic acids is 1. The van der Waals surface area contributed by atoms with Crippen molar-refractivity contribution in [3.63, 3.8) is 0 Å². The lowest BCUT2D eigenvalue weighted by atomic mass is 9.87. The molecule has 3 nitrogen and oxygen atoms in total. The van der Waals surface area contributed by atoms with E-state index >= 15 is 0 Å². The number of carboxylic acid groups (broad SMARTS) is 1. The maximum absolute atomic E-state index is 10.6. The highest BCUT2D eigenvalue weighted by Gasteiger charge is 2.21. The molecule has 1 aromatic rings. The van der Waals surface area contributed by atoms with Crippen LogP contribution in [0.15, 0.2) is 0 Å². The molecule has 1 aliphatic rings. The summed E-state index contributed by atoms with van der Waals surface area (Å²) < 4.78 is 0. The largest absolute Gasteiger partial charge is 0.481 e. The van der Waals surface area contributed by atoms with Crippen LogP contribution in [0.4, 0.5) is 0 Å². The maximum Gasteiger partial charge on any atom is 0.303 e. The Bertz CT molecular complexity index is 394. The summed E-state index contributed by atoms with van der Waals surface area (Å²) in [6, 6.07) is 0. The van der Waals surface area contributed by atoms with E-state index < -0.39 is 5.97 Å². The number of aliphatic carboxylic acids is 1. The average molecular weight is 253 g/mol. The van der Waals surface area contributed by atoms with Crippen LogP contribution >= 0.6 is 11.3 Å². The van der Waals surface area contributed by atoms with Crippen molar-refractivity contribution in [2.75, 3.05) is 0 Å². The second-order valence-corrected chi connectivity index (χ2v) is 6.01. The molecular formula is C13H19NO2S. The molecular weight excluding hydrogens is 234 g/mol. The number of thiazole rings is 1. The average Bonchev–Trinajstić information content (AvgIpc) is 2.69. The molecule has 0 amide bonds. The summed E-state index contributed by atoms with van der Waals surface area (Å²) in [5, 5.41) is 9.83. The molecule has 1 heterocycles. The third-order valence-corrected chi connectivity index (χ3v) is 4.56. The second kappa shape index (κ2) is 5.63. The van der Waals surface area contributed by atoms with Gasteiger partial charge in [-0.1, -0.05) is 19.3 Å². The highest BCUT2D eigenvalue weighted by molar-refractivity contribution is 7.11. The SMILES string of the molecule is Cc1nc(CCC(=O)O)c(C2CCCCC2)s1. The van der Waals surface area contributed by atoms with Gasteiger partial charge in [-0.25, -0.2) is 4.98 Å². The topological polar surface area (TPSA) is 50.2 Å². The van der Waals surface area contributed by atoms with Crippen LogP contribution in [0.25, 0.3) is 0 Å².